The van der Waals surface area contributed by atoms with Crippen molar-refractivity contribution in [3.63, 3.8) is 0 Å². The first-order valence-electron chi connectivity index (χ1n) is 7.46. The lowest BCUT2D eigenvalue weighted by Crippen LogP contribution is -2.49. The number of alkyl halides is 1. The van der Waals surface area contributed by atoms with Gasteiger partial charge >= 0.3 is 0 Å². The smallest absolute Gasteiger partial charge is 0.241 e. The van der Waals surface area contributed by atoms with Crippen molar-refractivity contribution in [1.29, 1.82) is 0 Å². The Balaban J connectivity index is 1.82. The van der Waals surface area contributed by atoms with Gasteiger partial charge in [0.2, 0.25) is 11.8 Å². The number of rotatable bonds is 3. The van der Waals surface area contributed by atoms with Crippen LogP contribution in [0.3, 0.4) is 0 Å². The average Bonchev–Trinajstić information content (AvgIpc) is 2.92. The Morgan fingerprint density at radius 3 is 2.78 bits per heavy atom. The van der Waals surface area contributed by atoms with Crippen LogP contribution in [0.2, 0.25) is 0 Å². The number of piperazine rings is 1. The van der Waals surface area contributed by atoms with E-state index in [1.807, 2.05) is 4.90 Å². The molecule has 0 unspecified atom stereocenters. The van der Waals surface area contributed by atoms with E-state index in [2.05, 4.69) is 9.97 Å². The number of carbonyl (C=O) groups is 2. The summed E-state index contributed by atoms with van der Waals surface area (Å²) in [5, 5.41) is 0. The lowest BCUT2D eigenvalue weighted by atomic mass is 10.2. The number of hydrogen-bond donors (Lipinski definition) is 1. The fraction of sp³-hybridized carbons (Fsp3) is 0.571. The number of halogens is 1. The van der Waals surface area contributed by atoms with Crippen LogP contribution >= 0.6 is 0 Å². The molecule has 2 atom stereocenters. The van der Waals surface area contributed by atoms with Gasteiger partial charge in [0, 0.05) is 32.6 Å². The largest absolute Gasteiger partial charge is 0.368 e. The molecule has 0 aliphatic carbocycles. The highest BCUT2D eigenvalue weighted by molar-refractivity contribution is 5.84. The van der Waals surface area contributed by atoms with Crippen LogP contribution in [0.4, 0.5) is 16.0 Å². The van der Waals surface area contributed by atoms with E-state index in [0.717, 1.165) is 0 Å². The summed E-state index contributed by atoms with van der Waals surface area (Å²) < 4.78 is 13.7. The van der Waals surface area contributed by atoms with E-state index in [0.29, 0.717) is 24.7 Å². The van der Waals surface area contributed by atoms with Crippen molar-refractivity contribution < 1.29 is 14.0 Å². The maximum absolute atomic E-state index is 13.7. The van der Waals surface area contributed by atoms with Gasteiger partial charge in [0.1, 0.15) is 30.2 Å². The molecule has 2 amide bonds. The molecule has 2 fully saturated rings. The summed E-state index contributed by atoms with van der Waals surface area (Å²) in [5.74, 6) is 0.476. The summed E-state index contributed by atoms with van der Waals surface area (Å²) >= 11 is 0. The first kappa shape index (κ1) is 15.4. The molecule has 0 saturated carbocycles. The van der Waals surface area contributed by atoms with Gasteiger partial charge in [-0.3, -0.25) is 9.59 Å². The number of hydrogen-bond acceptors (Lipinski definition) is 6. The Morgan fingerprint density at radius 2 is 2.09 bits per heavy atom. The van der Waals surface area contributed by atoms with Gasteiger partial charge in [-0.1, -0.05) is 0 Å². The number of primary amides is 1. The van der Waals surface area contributed by atoms with Gasteiger partial charge in [-0.05, 0) is 0 Å². The topological polar surface area (TPSA) is 95.7 Å². The van der Waals surface area contributed by atoms with Gasteiger partial charge in [-0.25, -0.2) is 14.4 Å². The molecule has 2 aliphatic rings. The number of likely N-dealkylation sites (N-methyl/N-ethyl adjacent to an activating group) is 1. The lowest BCUT2D eigenvalue weighted by Gasteiger charge is -2.33. The van der Waals surface area contributed by atoms with Crippen LogP contribution in [-0.2, 0) is 9.59 Å². The maximum Gasteiger partial charge on any atom is 0.241 e. The van der Waals surface area contributed by atoms with E-state index in [1.165, 1.54) is 6.33 Å². The first-order chi connectivity index (χ1) is 11.0. The molecule has 0 aromatic carbocycles. The van der Waals surface area contributed by atoms with Gasteiger partial charge in [-0.2, -0.15) is 0 Å². The number of carbonyl (C=O) groups excluding carboxylic acids is 2. The number of nitrogens with two attached hydrogens (primary N) is 1. The summed E-state index contributed by atoms with van der Waals surface area (Å²) in [7, 11) is 1.76. The number of nitrogens with zero attached hydrogens (tertiary/aromatic N) is 5. The van der Waals surface area contributed by atoms with E-state index in [-0.39, 0.29) is 25.4 Å². The van der Waals surface area contributed by atoms with E-state index in [1.54, 1.807) is 22.9 Å². The van der Waals surface area contributed by atoms with Crippen LogP contribution in [0, 0.1) is 0 Å². The van der Waals surface area contributed by atoms with Crippen molar-refractivity contribution in [2.75, 3.05) is 43.0 Å². The zero-order valence-electron chi connectivity index (χ0n) is 12.9. The maximum atomic E-state index is 13.7. The van der Waals surface area contributed by atoms with E-state index in [9.17, 15) is 14.0 Å². The van der Waals surface area contributed by atoms with Crippen molar-refractivity contribution in [2.24, 2.45) is 5.73 Å². The monoisotopic (exact) mass is 322 g/mol. The van der Waals surface area contributed by atoms with E-state index in [4.69, 9.17) is 5.73 Å². The second-order valence-electron chi connectivity index (χ2n) is 5.87. The highest BCUT2D eigenvalue weighted by atomic mass is 19.1. The molecule has 1 aromatic heterocycles. The standard InChI is InChI=1S/C14H19FN6O2/c1-19-2-3-20(7-13(19)22)11-5-12(18-8-17-11)21-6-9(15)4-10(21)14(16)23/h5,8-10H,2-4,6-7H2,1H3,(H2,16,23)/t9-,10+/m1/s1. The molecule has 3 heterocycles. The summed E-state index contributed by atoms with van der Waals surface area (Å²) in [5.41, 5.74) is 5.35. The Kier molecular flexibility index (Phi) is 4.01. The van der Waals surface area contributed by atoms with Crippen molar-refractivity contribution >= 4 is 23.5 Å². The lowest BCUT2D eigenvalue weighted by molar-refractivity contribution is -0.129. The van der Waals surface area contributed by atoms with Gasteiger partial charge in [0.05, 0.1) is 13.1 Å². The number of aromatic nitrogens is 2. The van der Waals surface area contributed by atoms with Gasteiger partial charge < -0.3 is 20.4 Å². The summed E-state index contributed by atoms with van der Waals surface area (Å²) in [6.07, 6.45) is 0.315. The molecular weight excluding hydrogens is 303 g/mol. The SMILES string of the molecule is CN1CCN(c2cc(N3C[C@H](F)C[C@H]3C(N)=O)ncn2)CC1=O. The third kappa shape index (κ3) is 3.03. The highest BCUT2D eigenvalue weighted by Crippen LogP contribution is 2.27. The summed E-state index contributed by atoms with van der Waals surface area (Å²) in [4.78, 5) is 36.7. The van der Waals surface area contributed by atoms with E-state index >= 15 is 0 Å². The molecule has 2 N–H and O–H groups in total. The van der Waals surface area contributed by atoms with E-state index < -0.39 is 18.1 Å². The minimum atomic E-state index is -1.11. The molecule has 2 aliphatic heterocycles. The van der Waals surface area contributed by atoms with Crippen LogP contribution < -0.4 is 15.5 Å². The van der Waals surface area contributed by atoms with Crippen molar-refractivity contribution in [3.05, 3.63) is 12.4 Å². The van der Waals surface area contributed by atoms with Crippen molar-refractivity contribution in [1.82, 2.24) is 14.9 Å². The van der Waals surface area contributed by atoms with Crippen molar-refractivity contribution in [2.45, 2.75) is 18.6 Å². The summed E-state index contributed by atoms with van der Waals surface area (Å²) in [6.45, 7) is 1.58. The molecule has 2 saturated heterocycles. The van der Waals surface area contributed by atoms with Crippen LogP contribution in [0.25, 0.3) is 0 Å². The predicted molar refractivity (Wildman–Crippen MR) is 81.7 cm³/mol. The van der Waals surface area contributed by atoms with Crippen LogP contribution in [0.1, 0.15) is 6.42 Å². The fourth-order valence-corrected chi connectivity index (χ4v) is 2.93. The van der Waals surface area contributed by atoms with Gasteiger partial charge in [0.25, 0.3) is 0 Å². The molecule has 1 aromatic rings. The number of amides is 2. The van der Waals surface area contributed by atoms with Crippen LogP contribution in [0.15, 0.2) is 12.4 Å². The third-order valence-corrected chi connectivity index (χ3v) is 4.29. The molecule has 0 bridgehead atoms. The predicted octanol–water partition coefficient (Wildman–Crippen LogP) is -0.843. The molecule has 8 nitrogen and oxygen atoms in total. The average molecular weight is 322 g/mol. The molecule has 124 valence electrons. The third-order valence-electron chi connectivity index (χ3n) is 4.29. The molecule has 3 rings (SSSR count). The van der Waals surface area contributed by atoms with Gasteiger partial charge in [-0.15, -0.1) is 0 Å². The molecule has 9 heteroatoms. The zero-order chi connectivity index (χ0) is 16.6. The number of anilines is 2. The first-order valence-corrected chi connectivity index (χ1v) is 7.46. The van der Waals surface area contributed by atoms with Gasteiger partial charge in [0.15, 0.2) is 0 Å². The fourth-order valence-electron chi connectivity index (χ4n) is 2.93. The highest BCUT2D eigenvalue weighted by Gasteiger charge is 2.37. The van der Waals surface area contributed by atoms with Crippen LogP contribution in [0.5, 0.6) is 0 Å². The normalized spacial score (nSPS) is 25.1. The second-order valence-corrected chi connectivity index (χ2v) is 5.87. The Morgan fingerprint density at radius 1 is 1.35 bits per heavy atom. The second kappa shape index (κ2) is 5.98. The minimum absolute atomic E-state index is 0.0106. The minimum Gasteiger partial charge on any atom is -0.368 e. The molecule has 0 radical (unpaired) electrons. The Hall–Kier alpha value is -2.45. The quantitative estimate of drug-likeness (QED) is 0.779. The summed E-state index contributed by atoms with van der Waals surface area (Å²) in [6, 6.07) is 0.967. The van der Waals surface area contributed by atoms with Crippen molar-refractivity contribution in [3.8, 4) is 0 Å². The molecule has 23 heavy (non-hydrogen) atoms. The Bertz CT molecular complexity index is 627. The zero-order valence-corrected chi connectivity index (χ0v) is 12.9. The van der Waals surface area contributed by atoms with Crippen LogP contribution in [-0.4, -0.2) is 72.1 Å². The Labute approximate surface area is 133 Å². The molecular formula is C14H19FN6O2. The molecule has 0 spiro atoms.